The molecule has 0 saturated carbocycles. The van der Waals surface area contributed by atoms with Gasteiger partial charge >= 0.3 is 0 Å². The molecule has 0 aliphatic heterocycles. The summed E-state index contributed by atoms with van der Waals surface area (Å²) in [6.07, 6.45) is 2.55. The quantitative estimate of drug-likeness (QED) is 0.817. The van der Waals surface area contributed by atoms with Crippen LogP contribution in [0.3, 0.4) is 0 Å². The van der Waals surface area contributed by atoms with E-state index in [0.29, 0.717) is 24.4 Å². The Hall–Kier alpha value is -2.08. The molecule has 0 atom stereocenters. The molecule has 2 aromatic rings. The van der Waals surface area contributed by atoms with Crippen molar-refractivity contribution in [1.29, 1.82) is 0 Å². The van der Waals surface area contributed by atoms with Gasteiger partial charge in [0.1, 0.15) is 5.76 Å². The molecule has 0 spiro atoms. The van der Waals surface area contributed by atoms with Crippen LogP contribution in [-0.2, 0) is 11.2 Å². The Labute approximate surface area is 121 Å². The van der Waals surface area contributed by atoms with Crippen molar-refractivity contribution in [2.24, 2.45) is 0 Å². The summed E-state index contributed by atoms with van der Waals surface area (Å²) in [5.74, 6) is 0.628. The maximum Gasteiger partial charge on any atom is 0.261 e. The van der Waals surface area contributed by atoms with Crippen molar-refractivity contribution in [3.05, 3.63) is 46.5 Å². The molecule has 2 N–H and O–H groups in total. The monoisotopic (exact) mass is 292 g/mol. The highest BCUT2D eigenvalue weighted by molar-refractivity contribution is 7.12. The molecule has 20 heavy (non-hydrogen) atoms. The molecule has 106 valence electrons. The van der Waals surface area contributed by atoms with E-state index in [0.717, 1.165) is 5.76 Å². The molecule has 5 nitrogen and oxygen atoms in total. The maximum atomic E-state index is 11.6. The zero-order valence-corrected chi connectivity index (χ0v) is 11.7. The fourth-order valence-electron chi connectivity index (χ4n) is 1.65. The Morgan fingerprint density at radius 3 is 2.75 bits per heavy atom. The lowest BCUT2D eigenvalue weighted by atomic mass is 10.3. The van der Waals surface area contributed by atoms with Gasteiger partial charge in [0.05, 0.1) is 11.1 Å². The Balaban J connectivity index is 1.57. The van der Waals surface area contributed by atoms with Crippen LogP contribution in [0.5, 0.6) is 0 Å². The number of hydrogen-bond donors (Lipinski definition) is 2. The molecule has 0 aliphatic carbocycles. The summed E-state index contributed by atoms with van der Waals surface area (Å²) in [6.45, 7) is 0.870. The topological polar surface area (TPSA) is 71.3 Å². The Bertz CT molecular complexity index is 535. The highest BCUT2D eigenvalue weighted by Crippen LogP contribution is 2.07. The first-order valence-electron chi connectivity index (χ1n) is 6.36. The number of carbonyl (C=O) groups is 2. The lowest BCUT2D eigenvalue weighted by Gasteiger charge is -2.05. The third kappa shape index (κ3) is 4.55. The second-order valence-corrected chi connectivity index (χ2v) is 5.11. The first kappa shape index (κ1) is 14.3. The summed E-state index contributed by atoms with van der Waals surface area (Å²) in [5.41, 5.74) is 0. The molecule has 0 unspecified atom stereocenters. The highest BCUT2D eigenvalue weighted by atomic mass is 32.1. The van der Waals surface area contributed by atoms with Crippen LogP contribution in [-0.4, -0.2) is 24.9 Å². The normalized spacial score (nSPS) is 10.2. The van der Waals surface area contributed by atoms with E-state index in [1.54, 1.807) is 12.3 Å². The summed E-state index contributed by atoms with van der Waals surface area (Å²) < 4.78 is 5.16. The van der Waals surface area contributed by atoms with Gasteiger partial charge in [-0.15, -0.1) is 11.3 Å². The van der Waals surface area contributed by atoms with Crippen molar-refractivity contribution in [2.45, 2.75) is 12.8 Å². The molecule has 0 radical (unpaired) electrons. The van der Waals surface area contributed by atoms with E-state index in [4.69, 9.17) is 4.42 Å². The zero-order chi connectivity index (χ0) is 14.2. The number of amides is 2. The average molecular weight is 292 g/mol. The summed E-state index contributed by atoms with van der Waals surface area (Å²) in [4.78, 5) is 23.8. The van der Waals surface area contributed by atoms with Crippen LogP contribution in [0.4, 0.5) is 0 Å². The van der Waals surface area contributed by atoms with Gasteiger partial charge in [-0.2, -0.15) is 0 Å². The number of hydrogen-bond acceptors (Lipinski definition) is 4. The molecule has 0 fully saturated rings. The van der Waals surface area contributed by atoms with Crippen molar-refractivity contribution >= 4 is 23.2 Å². The second-order valence-electron chi connectivity index (χ2n) is 4.16. The van der Waals surface area contributed by atoms with E-state index in [1.165, 1.54) is 11.3 Å². The number of nitrogens with one attached hydrogen (secondary N) is 2. The second kappa shape index (κ2) is 7.49. The van der Waals surface area contributed by atoms with Gasteiger partial charge in [-0.1, -0.05) is 6.07 Å². The van der Waals surface area contributed by atoms with E-state index in [2.05, 4.69) is 10.6 Å². The van der Waals surface area contributed by atoms with Crippen LogP contribution >= 0.6 is 11.3 Å². The fraction of sp³-hybridized carbons (Fsp3) is 0.286. The Kier molecular flexibility index (Phi) is 5.37. The summed E-state index contributed by atoms with van der Waals surface area (Å²) >= 11 is 1.38. The molecule has 0 aliphatic rings. The summed E-state index contributed by atoms with van der Waals surface area (Å²) in [7, 11) is 0. The Morgan fingerprint density at radius 1 is 1.15 bits per heavy atom. The van der Waals surface area contributed by atoms with E-state index in [1.807, 2.05) is 23.6 Å². The van der Waals surface area contributed by atoms with Crippen LogP contribution in [0.2, 0.25) is 0 Å². The van der Waals surface area contributed by atoms with Crippen molar-refractivity contribution < 1.29 is 14.0 Å². The third-order valence-corrected chi connectivity index (χ3v) is 3.52. The minimum absolute atomic E-state index is 0.0805. The van der Waals surface area contributed by atoms with E-state index in [-0.39, 0.29) is 18.2 Å². The molecule has 0 saturated heterocycles. The maximum absolute atomic E-state index is 11.6. The van der Waals surface area contributed by atoms with Crippen LogP contribution in [0.1, 0.15) is 21.9 Å². The lowest BCUT2D eigenvalue weighted by Crippen LogP contribution is -2.31. The van der Waals surface area contributed by atoms with Crippen LogP contribution in [0.25, 0.3) is 0 Å². The largest absolute Gasteiger partial charge is 0.469 e. The average Bonchev–Trinajstić information content (AvgIpc) is 3.12. The first-order chi connectivity index (χ1) is 9.75. The molecule has 2 aromatic heterocycles. The van der Waals surface area contributed by atoms with Crippen molar-refractivity contribution in [3.8, 4) is 0 Å². The standard InChI is InChI=1S/C14H16N2O3S/c17-13(15-7-5-11-3-1-9-19-11)6-8-16-14(18)12-4-2-10-20-12/h1-4,9-10H,5-8H2,(H,15,17)(H,16,18). The minimum atomic E-state index is -0.136. The molecular weight excluding hydrogens is 276 g/mol. The van der Waals surface area contributed by atoms with Gasteiger partial charge in [0.25, 0.3) is 5.91 Å². The highest BCUT2D eigenvalue weighted by Gasteiger charge is 2.07. The first-order valence-corrected chi connectivity index (χ1v) is 7.24. The fourth-order valence-corrected chi connectivity index (χ4v) is 2.29. The predicted molar refractivity (Wildman–Crippen MR) is 76.7 cm³/mol. The molecular formula is C14H16N2O3S. The van der Waals surface area contributed by atoms with Gasteiger partial charge in [-0.3, -0.25) is 9.59 Å². The van der Waals surface area contributed by atoms with Crippen LogP contribution in [0, 0.1) is 0 Å². The van der Waals surface area contributed by atoms with Crippen molar-refractivity contribution in [2.75, 3.05) is 13.1 Å². The minimum Gasteiger partial charge on any atom is -0.469 e. The smallest absolute Gasteiger partial charge is 0.261 e. The zero-order valence-electron chi connectivity index (χ0n) is 10.9. The molecule has 0 aromatic carbocycles. The van der Waals surface area contributed by atoms with E-state index < -0.39 is 0 Å². The number of carbonyl (C=O) groups excluding carboxylic acids is 2. The van der Waals surface area contributed by atoms with E-state index in [9.17, 15) is 9.59 Å². The van der Waals surface area contributed by atoms with Gasteiger partial charge < -0.3 is 15.1 Å². The number of rotatable bonds is 7. The summed E-state index contributed by atoms with van der Waals surface area (Å²) in [5, 5.41) is 7.34. The van der Waals surface area contributed by atoms with E-state index >= 15 is 0 Å². The molecule has 0 bridgehead atoms. The predicted octanol–water partition coefficient (Wildman–Crippen LogP) is 1.82. The van der Waals surface area contributed by atoms with Crippen LogP contribution < -0.4 is 10.6 Å². The Morgan fingerprint density at radius 2 is 2.05 bits per heavy atom. The molecule has 6 heteroatoms. The van der Waals surface area contributed by atoms with Crippen LogP contribution in [0.15, 0.2) is 40.3 Å². The number of furan rings is 1. The molecule has 2 heterocycles. The van der Waals surface area contributed by atoms with Gasteiger partial charge in [0.15, 0.2) is 0 Å². The van der Waals surface area contributed by atoms with Crippen molar-refractivity contribution in [1.82, 2.24) is 10.6 Å². The molecule has 2 amide bonds. The van der Waals surface area contributed by atoms with Crippen molar-refractivity contribution in [3.63, 3.8) is 0 Å². The third-order valence-electron chi connectivity index (χ3n) is 2.66. The SMILES string of the molecule is O=C(CCNC(=O)c1cccs1)NCCc1ccco1. The lowest BCUT2D eigenvalue weighted by molar-refractivity contribution is -0.120. The van der Waals surface area contributed by atoms with Gasteiger partial charge in [0.2, 0.25) is 5.91 Å². The number of thiophene rings is 1. The molecule has 2 rings (SSSR count). The van der Waals surface area contributed by atoms with Gasteiger partial charge in [-0.05, 0) is 23.6 Å². The summed E-state index contributed by atoms with van der Waals surface area (Å²) in [6, 6.07) is 7.26. The van der Waals surface area contributed by atoms with Gasteiger partial charge in [-0.25, -0.2) is 0 Å². The van der Waals surface area contributed by atoms with Gasteiger partial charge in [0, 0.05) is 25.9 Å².